The predicted molar refractivity (Wildman–Crippen MR) is 91.6 cm³/mol. The fourth-order valence-electron chi connectivity index (χ4n) is 3.11. The second-order valence-electron chi connectivity index (χ2n) is 6.00. The Morgan fingerprint density at radius 2 is 1.52 bits per heavy atom. The topological polar surface area (TPSA) is 12.0 Å². The molecule has 3 atom stereocenters. The van der Waals surface area contributed by atoms with Crippen LogP contribution in [0.3, 0.4) is 0 Å². The Morgan fingerprint density at radius 3 is 2.05 bits per heavy atom. The van der Waals surface area contributed by atoms with Gasteiger partial charge >= 0.3 is 0 Å². The molecule has 2 aromatic rings. The van der Waals surface area contributed by atoms with Crippen LogP contribution in [0.5, 0.6) is 0 Å². The Hall–Kier alpha value is -1.60. The summed E-state index contributed by atoms with van der Waals surface area (Å²) < 4.78 is 0. The first-order chi connectivity index (χ1) is 10.2. The van der Waals surface area contributed by atoms with Crippen molar-refractivity contribution >= 4 is 0 Å². The van der Waals surface area contributed by atoms with Crippen molar-refractivity contribution < 1.29 is 0 Å². The maximum Gasteiger partial charge on any atom is 0.0389 e. The highest BCUT2D eigenvalue weighted by molar-refractivity contribution is 5.30. The molecule has 0 radical (unpaired) electrons. The zero-order chi connectivity index (χ0) is 15.2. The van der Waals surface area contributed by atoms with Crippen LogP contribution in [0, 0.1) is 12.8 Å². The summed E-state index contributed by atoms with van der Waals surface area (Å²) in [5.74, 6) is 1.12. The molecule has 2 rings (SSSR count). The van der Waals surface area contributed by atoms with E-state index in [0.29, 0.717) is 17.9 Å². The van der Waals surface area contributed by atoms with Crippen LogP contribution in [0.1, 0.15) is 48.9 Å². The van der Waals surface area contributed by atoms with E-state index in [1.165, 1.54) is 23.1 Å². The molecule has 0 amide bonds. The fraction of sp³-hybridized carbons (Fsp3) is 0.400. The summed E-state index contributed by atoms with van der Waals surface area (Å²) in [6.07, 6.45) is 1.18. The van der Waals surface area contributed by atoms with Gasteiger partial charge in [0, 0.05) is 12.0 Å². The van der Waals surface area contributed by atoms with Crippen molar-refractivity contribution in [3.05, 3.63) is 71.3 Å². The lowest BCUT2D eigenvalue weighted by atomic mass is 9.77. The molecule has 3 unspecified atom stereocenters. The van der Waals surface area contributed by atoms with Gasteiger partial charge in [0.2, 0.25) is 0 Å². The Morgan fingerprint density at radius 1 is 0.905 bits per heavy atom. The quantitative estimate of drug-likeness (QED) is 0.778. The number of benzene rings is 2. The van der Waals surface area contributed by atoms with Crippen LogP contribution in [0.2, 0.25) is 0 Å². The van der Waals surface area contributed by atoms with Crippen molar-refractivity contribution in [1.29, 1.82) is 0 Å². The van der Waals surface area contributed by atoms with Crippen molar-refractivity contribution in [1.82, 2.24) is 5.32 Å². The summed E-state index contributed by atoms with van der Waals surface area (Å²) in [6, 6.07) is 20.2. The summed E-state index contributed by atoms with van der Waals surface area (Å²) in [4.78, 5) is 0. The van der Waals surface area contributed by atoms with Gasteiger partial charge in [-0.1, -0.05) is 80.4 Å². The van der Waals surface area contributed by atoms with Crippen molar-refractivity contribution in [2.45, 2.75) is 39.2 Å². The minimum Gasteiger partial charge on any atom is -0.312 e. The van der Waals surface area contributed by atoms with E-state index in [-0.39, 0.29) is 0 Å². The van der Waals surface area contributed by atoms with Gasteiger partial charge in [0.25, 0.3) is 0 Å². The highest BCUT2D eigenvalue weighted by Gasteiger charge is 2.27. The second kappa shape index (κ2) is 7.42. The number of hydrogen-bond acceptors (Lipinski definition) is 1. The van der Waals surface area contributed by atoms with Gasteiger partial charge in [-0.05, 0) is 31.0 Å². The van der Waals surface area contributed by atoms with Gasteiger partial charge in [-0.25, -0.2) is 0 Å². The van der Waals surface area contributed by atoms with E-state index < -0.39 is 0 Å². The summed E-state index contributed by atoms with van der Waals surface area (Å²) in [6.45, 7) is 6.78. The smallest absolute Gasteiger partial charge is 0.0389 e. The van der Waals surface area contributed by atoms with E-state index in [4.69, 9.17) is 0 Å². The van der Waals surface area contributed by atoms with E-state index in [1.54, 1.807) is 0 Å². The Balaban J connectivity index is 2.40. The normalized spacial score (nSPS) is 15.4. The maximum absolute atomic E-state index is 3.55. The first kappa shape index (κ1) is 15.8. The van der Waals surface area contributed by atoms with Crippen LogP contribution in [0.25, 0.3) is 0 Å². The molecule has 21 heavy (non-hydrogen) atoms. The largest absolute Gasteiger partial charge is 0.312 e. The van der Waals surface area contributed by atoms with E-state index >= 15 is 0 Å². The second-order valence-corrected chi connectivity index (χ2v) is 6.00. The SMILES string of the molecule is CCC(C)C(c1ccccc1)C(NC)c1ccc(C)cc1. The Kier molecular flexibility index (Phi) is 5.58. The van der Waals surface area contributed by atoms with E-state index in [9.17, 15) is 0 Å². The van der Waals surface area contributed by atoms with E-state index in [0.717, 1.165) is 0 Å². The van der Waals surface area contributed by atoms with Gasteiger partial charge in [-0.3, -0.25) is 0 Å². The summed E-state index contributed by atoms with van der Waals surface area (Å²) in [5.41, 5.74) is 4.11. The van der Waals surface area contributed by atoms with Gasteiger partial charge < -0.3 is 5.32 Å². The molecular formula is C20H27N. The predicted octanol–water partition coefficient (Wildman–Crippen LogP) is 5.09. The molecular weight excluding hydrogens is 254 g/mol. The number of likely N-dealkylation sites (N-methyl/N-ethyl adjacent to an activating group) is 1. The van der Waals surface area contributed by atoms with Crippen molar-refractivity contribution in [2.75, 3.05) is 7.05 Å². The van der Waals surface area contributed by atoms with Crippen LogP contribution < -0.4 is 5.32 Å². The zero-order valence-corrected chi connectivity index (χ0v) is 13.6. The average Bonchev–Trinajstić information content (AvgIpc) is 2.53. The molecule has 112 valence electrons. The first-order valence-corrected chi connectivity index (χ1v) is 7.96. The van der Waals surface area contributed by atoms with Crippen LogP contribution in [0.4, 0.5) is 0 Å². The van der Waals surface area contributed by atoms with Gasteiger partial charge in [-0.15, -0.1) is 0 Å². The van der Waals surface area contributed by atoms with E-state index in [2.05, 4.69) is 87.7 Å². The van der Waals surface area contributed by atoms with Gasteiger partial charge in [0.05, 0.1) is 0 Å². The molecule has 2 aromatic carbocycles. The minimum absolute atomic E-state index is 0.350. The highest BCUT2D eigenvalue weighted by atomic mass is 14.9. The first-order valence-electron chi connectivity index (χ1n) is 7.96. The number of hydrogen-bond donors (Lipinski definition) is 1. The lowest BCUT2D eigenvalue weighted by Gasteiger charge is -2.32. The summed E-state index contributed by atoms with van der Waals surface area (Å²) in [7, 11) is 2.07. The Bertz CT molecular complexity index is 530. The van der Waals surface area contributed by atoms with Gasteiger partial charge in [0.15, 0.2) is 0 Å². The molecule has 1 N–H and O–H groups in total. The van der Waals surface area contributed by atoms with Crippen molar-refractivity contribution in [3.8, 4) is 0 Å². The van der Waals surface area contributed by atoms with Crippen molar-refractivity contribution in [2.24, 2.45) is 5.92 Å². The molecule has 0 aromatic heterocycles. The van der Waals surface area contributed by atoms with Crippen LogP contribution in [0.15, 0.2) is 54.6 Å². The van der Waals surface area contributed by atoms with Crippen molar-refractivity contribution in [3.63, 3.8) is 0 Å². The fourth-order valence-corrected chi connectivity index (χ4v) is 3.11. The minimum atomic E-state index is 0.350. The molecule has 0 aliphatic carbocycles. The third-order valence-electron chi connectivity index (χ3n) is 4.55. The maximum atomic E-state index is 3.55. The van der Waals surface area contributed by atoms with Crippen LogP contribution in [-0.4, -0.2) is 7.05 Å². The molecule has 1 heteroatoms. The lowest BCUT2D eigenvalue weighted by Crippen LogP contribution is -2.28. The molecule has 0 spiro atoms. The molecule has 0 bridgehead atoms. The third-order valence-corrected chi connectivity index (χ3v) is 4.55. The molecule has 0 fully saturated rings. The Labute approximate surface area is 129 Å². The zero-order valence-electron chi connectivity index (χ0n) is 13.6. The average molecular weight is 281 g/mol. The monoisotopic (exact) mass is 281 g/mol. The van der Waals surface area contributed by atoms with Gasteiger partial charge in [0.1, 0.15) is 0 Å². The number of aryl methyl sites for hydroxylation is 1. The molecule has 0 aliphatic heterocycles. The third kappa shape index (κ3) is 3.74. The number of rotatable bonds is 6. The standard InChI is InChI=1S/C20H27N/c1-5-16(3)19(17-9-7-6-8-10-17)20(21-4)18-13-11-15(2)12-14-18/h6-14,16,19-21H,5H2,1-4H3. The summed E-state index contributed by atoms with van der Waals surface area (Å²) in [5, 5.41) is 3.55. The lowest BCUT2D eigenvalue weighted by molar-refractivity contribution is 0.354. The highest BCUT2D eigenvalue weighted by Crippen LogP contribution is 2.38. The van der Waals surface area contributed by atoms with Crippen LogP contribution >= 0.6 is 0 Å². The molecule has 0 saturated heterocycles. The number of nitrogens with one attached hydrogen (secondary N) is 1. The molecule has 0 heterocycles. The molecule has 0 aliphatic rings. The van der Waals surface area contributed by atoms with Gasteiger partial charge in [-0.2, -0.15) is 0 Å². The van der Waals surface area contributed by atoms with Crippen LogP contribution in [-0.2, 0) is 0 Å². The van der Waals surface area contributed by atoms with E-state index in [1.807, 2.05) is 0 Å². The molecule has 0 saturated carbocycles. The molecule has 1 nitrogen and oxygen atoms in total. The summed E-state index contributed by atoms with van der Waals surface area (Å²) >= 11 is 0.